The van der Waals surface area contributed by atoms with Crippen LogP contribution in [0.4, 0.5) is 0 Å². The first kappa shape index (κ1) is 15.2. The standard InChI is InChI=1S/C13H25NO2/c1-3-4-5-6-7-11(2)8-12(10-14)9-13(15)16/h5-6,11-12H,3-4,7-10,14H2,1-2H3,(H,15,16)/b6-5+. The van der Waals surface area contributed by atoms with Crippen LogP contribution in [0.15, 0.2) is 12.2 Å². The van der Waals surface area contributed by atoms with E-state index in [0.717, 1.165) is 19.3 Å². The summed E-state index contributed by atoms with van der Waals surface area (Å²) in [5.74, 6) is -0.114. The molecule has 3 nitrogen and oxygen atoms in total. The van der Waals surface area contributed by atoms with Crippen molar-refractivity contribution in [1.29, 1.82) is 0 Å². The van der Waals surface area contributed by atoms with Crippen LogP contribution < -0.4 is 5.73 Å². The summed E-state index contributed by atoms with van der Waals surface area (Å²) < 4.78 is 0. The van der Waals surface area contributed by atoms with Gasteiger partial charge in [0.2, 0.25) is 0 Å². The zero-order chi connectivity index (χ0) is 12.4. The topological polar surface area (TPSA) is 63.3 Å². The second kappa shape index (κ2) is 9.40. The van der Waals surface area contributed by atoms with Crippen LogP contribution in [0.25, 0.3) is 0 Å². The van der Waals surface area contributed by atoms with Crippen molar-refractivity contribution in [3.05, 3.63) is 12.2 Å². The molecular weight excluding hydrogens is 202 g/mol. The molecule has 0 radical (unpaired) electrons. The normalized spacial score (nSPS) is 15.2. The largest absolute Gasteiger partial charge is 0.481 e. The molecule has 0 aromatic carbocycles. The number of unbranched alkanes of at least 4 members (excludes halogenated alkanes) is 1. The Hall–Kier alpha value is -0.830. The first-order valence-electron chi connectivity index (χ1n) is 6.17. The van der Waals surface area contributed by atoms with Gasteiger partial charge >= 0.3 is 5.97 Å². The van der Waals surface area contributed by atoms with Crippen molar-refractivity contribution < 1.29 is 9.90 Å². The van der Waals surface area contributed by atoms with Crippen LogP contribution in [-0.2, 0) is 4.79 Å². The summed E-state index contributed by atoms with van der Waals surface area (Å²) >= 11 is 0. The summed E-state index contributed by atoms with van der Waals surface area (Å²) in [5.41, 5.74) is 5.56. The average molecular weight is 227 g/mol. The van der Waals surface area contributed by atoms with Crippen molar-refractivity contribution in [2.75, 3.05) is 6.54 Å². The lowest BCUT2D eigenvalue weighted by atomic mass is 9.91. The molecule has 0 heterocycles. The van der Waals surface area contributed by atoms with Crippen molar-refractivity contribution >= 4 is 5.97 Å². The quantitative estimate of drug-likeness (QED) is 0.595. The number of carboxylic acid groups (broad SMARTS) is 1. The zero-order valence-electron chi connectivity index (χ0n) is 10.5. The molecule has 0 bridgehead atoms. The number of allylic oxidation sites excluding steroid dienone is 2. The zero-order valence-corrected chi connectivity index (χ0v) is 10.5. The van der Waals surface area contributed by atoms with Crippen molar-refractivity contribution in [1.82, 2.24) is 0 Å². The molecule has 0 saturated heterocycles. The van der Waals surface area contributed by atoms with Crippen LogP contribution in [0.2, 0.25) is 0 Å². The Kier molecular flexibility index (Phi) is 8.91. The number of hydrogen-bond donors (Lipinski definition) is 2. The molecule has 0 amide bonds. The fraction of sp³-hybridized carbons (Fsp3) is 0.769. The van der Waals surface area contributed by atoms with E-state index in [1.807, 2.05) is 0 Å². The van der Waals surface area contributed by atoms with Gasteiger partial charge in [-0.15, -0.1) is 0 Å². The average Bonchev–Trinajstić information content (AvgIpc) is 2.23. The maximum atomic E-state index is 10.6. The van der Waals surface area contributed by atoms with E-state index in [0.29, 0.717) is 12.5 Å². The predicted octanol–water partition coefficient (Wildman–Crippen LogP) is 2.81. The van der Waals surface area contributed by atoms with Gasteiger partial charge in [-0.1, -0.05) is 32.4 Å². The third kappa shape index (κ3) is 8.48. The summed E-state index contributed by atoms with van der Waals surface area (Å²) in [6.07, 6.45) is 8.82. The Morgan fingerprint density at radius 2 is 2.12 bits per heavy atom. The van der Waals surface area contributed by atoms with Crippen LogP contribution in [0.3, 0.4) is 0 Å². The number of nitrogens with two attached hydrogens (primary N) is 1. The third-order valence-electron chi connectivity index (χ3n) is 2.69. The minimum atomic E-state index is -0.746. The molecule has 0 aliphatic carbocycles. The molecule has 0 aromatic rings. The van der Waals surface area contributed by atoms with Gasteiger partial charge in [0, 0.05) is 6.42 Å². The second-order valence-electron chi connectivity index (χ2n) is 4.54. The molecule has 0 fully saturated rings. The van der Waals surface area contributed by atoms with Crippen LogP contribution in [-0.4, -0.2) is 17.6 Å². The Bertz CT molecular complexity index is 214. The first-order valence-corrected chi connectivity index (χ1v) is 6.17. The summed E-state index contributed by atoms with van der Waals surface area (Å²) in [5, 5.41) is 8.70. The van der Waals surface area contributed by atoms with E-state index in [2.05, 4.69) is 26.0 Å². The fourth-order valence-corrected chi connectivity index (χ4v) is 1.79. The number of aliphatic carboxylic acids is 1. The van der Waals surface area contributed by atoms with E-state index in [4.69, 9.17) is 10.8 Å². The Labute approximate surface area is 98.7 Å². The Morgan fingerprint density at radius 1 is 1.44 bits per heavy atom. The highest BCUT2D eigenvalue weighted by Crippen LogP contribution is 2.18. The van der Waals surface area contributed by atoms with E-state index >= 15 is 0 Å². The number of rotatable bonds is 9. The van der Waals surface area contributed by atoms with E-state index in [1.165, 1.54) is 6.42 Å². The maximum absolute atomic E-state index is 10.6. The molecule has 0 aliphatic heterocycles. The van der Waals surface area contributed by atoms with Gasteiger partial charge in [0.1, 0.15) is 0 Å². The van der Waals surface area contributed by atoms with Crippen molar-refractivity contribution in [2.45, 2.75) is 46.0 Å². The fourth-order valence-electron chi connectivity index (χ4n) is 1.79. The molecule has 2 unspecified atom stereocenters. The number of carboxylic acids is 1. The summed E-state index contributed by atoms with van der Waals surface area (Å²) in [7, 11) is 0. The van der Waals surface area contributed by atoms with Gasteiger partial charge < -0.3 is 10.8 Å². The van der Waals surface area contributed by atoms with Gasteiger partial charge in [-0.25, -0.2) is 0 Å². The van der Waals surface area contributed by atoms with Gasteiger partial charge in [-0.3, -0.25) is 4.79 Å². The van der Waals surface area contributed by atoms with Gasteiger partial charge in [-0.2, -0.15) is 0 Å². The van der Waals surface area contributed by atoms with Crippen LogP contribution in [0.5, 0.6) is 0 Å². The Morgan fingerprint density at radius 3 is 2.62 bits per heavy atom. The van der Waals surface area contributed by atoms with E-state index in [-0.39, 0.29) is 12.3 Å². The molecule has 3 N–H and O–H groups in total. The van der Waals surface area contributed by atoms with E-state index in [9.17, 15) is 4.79 Å². The summed E-state index contributed by atoms with van der Waals surface area (Å²) in [6.45, 7) is 4.78. The van der Waals surface area contributed by atoms with Crippen molar-refractivity contribution in [3.63, 3.8) is 0 Å². The minimum absolute atomic E-state index is 0.118. The highest BCUT2D eigenvalue weighted by molar-refractivity contribution is 5.67. The van der Waals surface area contributed by atoms with Crippen LogP contribution in [0, 0.1) is 11.8 Å². The SMILES string of the molecule is CCC/C=C/CC(C)CC(CN)CC(=O)O. The molecule has 0 rings (SSSR count). The molecule has 2 atom stereocenters. The van der Waals surface area contributed by atoms with Crippen molar-refractivity contribution in [3.8, 4) is 0 Å². The minimum Gasteiger partial charge on any atom is -0.481 e. The first-order chi connectivity index (χ1) is 7.60. The number of carbonyl (C=O) groups is 1. The lowest BCUT2D eigenvalue weighted by Crippen LogP contribution is -2.20. The Balaban J connectivity index is 3.81. The van der Waals surface area contributed by atoms with Gasteiger partial charge in [0.25, 0.3) is 0 Å². The highest BCUT2D eigenvalue weighted by Gasteiger charge is 2.14. The van der Waals surface area contributed by atoms with Crippen molar-refractivity contribution in [2.24, 2.45) is 17.6 Å². The van der Waals surface area contributed by atoms with Gasteiger partial charge in [0.05, 0.1) is 0 Å². The number of hydrogen-bond acceptors (Lipinski definition) is 2. The second-order valence-corrected chi connectivity index (χ2v) is 4.54. The van der Waals surface area contributed by atoms with Crippen LogP contribution in [0.1, 0.15) is 46.0 Å². The highest BCUT2D eigenvalue weighted by atomic mass is 16.4. The molecule has 0 saturated carbocycles. The monoisotopic (exact) mass is 227 g/mol. The predicted molar refractivity (Wildman–Crippen MR) is 67.2 cm³/mol. The van der Waals surface area contributed by atoms with Gasteiger partial charge in [-0.05, 0) is 37.6 Å². The van der Waals surface area contributed by atoms with Gasteiger partial charge in [0.15, 0.2) is 0 Å². The third-order valence-corrected chi connectivity index (χ3v) is 2.69. The summed E-state index contributed by atoms with van der Waals surface area (Å²) in [4.78, 5) is 10.6. The molecule has 3 heteroatoms. The van der Waals surface area contributed by atoms with E-state index < -0.39 is 5.97 Å². The molecule has 0 aliphatic rings. The molecule has 16 heavy (non-hydrogen) atoms. The molecular formula is C13H25NO2. The van der Waals surface area contributed by atoms with E-state index in [1.54, 1.807) is 0 Å². The lowest BCUT2D eigenvalue weighted by Gasteiger charge is -2.16. The molecule has 0 aromatic heterocycles. The smallest absolute Gasteiger partial charge is 0.303 e. The lowest BCUT2D eigenvalue weighted by molar-refractivity contribution is -0.138. The molecule has 0 spiro atoms. The maximum Gasteiger partial charge on any atom is 0.303 e. The molecule has 94 valence electrons. The van der Waals surface area contributed by atoms with Crippen LogP contribution >= 0.6 is 0 Å². The summed E-state index contributed by atoms with van der Waals surface area (Å²) in [6, 6.07) is 0.